The molecule has 1 saturated heterocycles. The fourth-order valence-electron chi connectivity index (χ4n) is 2.29. The molecule has 1 aromatic rings. The van der Waals surface area contributed by atoms with Gasteiger partial charge in [-0.2, -0.15) is 11.3 Å². The SMILES string of the molecule is CC1CCC(CN)CN1Cc1ccsc1. The topological polar surface area (TPSA) is 29.3 Å². The summed E-state index contributed by atoms with van der Waals surface area (Å²) in [6.45, 7) is 5.45. The lowest BCUT2D eigenvalue weighted by Crippen LogP contribution is -2.43. The van der Waals surface area contributed by atoms with E-state index in [0.29, 0.717) is 12.0 Å². The summed E-state index contributed by atoms with van der Waals surface area (Å²) in [7, 11) is 0. The molecule has 2 rings (SSSR count). The van der Waals surface area contributed by atoms with Crippen LogP contribution in [-0.4, -0.2) is 24.0 Å². The van der Waals surface area contributed by atoms with Crippen LogP contribution in [0.2, 0.25) is 0 Å². The standard InChI is InChI=1S/C12H20N2S/c1-10-2-3-11(6-13)7-14(10)8-12-4-5-15-9-12/h4-5,9-11H,2-3,6-8,13H2,1H3. The molecule has 1 aliphatic heterocycles. The Kier molecular flexibility index (Phi) is 3.78. The monoisotopic (exact) mass is 224 g/mol. The van der Waals surface area contributed by atoms with Crippen molar-refractivity contribution in [2.45, 2.75) is 32.4 Å². The molecular formula is C12H20N2S. The van der Waals surface area contributed by atoms with Gasteiger partial charge < -0.3 is 5.73 Å². The van der Waals surface area contributed by atoms with Crippen LogP contribution >= 0.6 is 11.3 Å². The molecule has 2 nitrogen and oxygen atoms in total. The molecule has 0 bridgehead atoms. The number of nitrogens with zero attached hydrogens (tertiary/aromatic N) is 1. The largest absolute Gasteiger partial charge is 0.330 e. The van der Waals surface area contributed by atoms with Crippen molar-refractivity contribution in [1.29, 1.82) is 0 Å². The molecule has 2 unspecified atom stereocenters. The number of rotatable bonds is 3. The first-order chi connectivity index (χ1) is 7.29. The maximum atomic E-state index is 5.76. The Balaban J connectivity index is 1.94. The molecule has 1 aromatic heterocycles. The molecule has 3 heteroatoms. The minimum absolute atomic E-state index is 0.708. The maximum absolute atomic E-state index is 5.76. The van der Waals surface area contributed by atoms with E-state index in [1.165, 1.54) is 24.9 Å². The highest BCUT2D eigenvalue weighted by Gasteiger charge is 2.24. The summed E-state index contributed by atoms with van der Waals surface area (Å²) in [5.41, 5.74) is 7.21. The second kappa shape index (κ2) is 5.10. The Labute approximate surface area is 96.1 Å². The van der Waals surface area contributed by atoms with E-state index in [-0.39, 0.29) is 0 Å². The number of likely N-dealkylation sites (tertiary alicyclic amines) is 1. The van der Waals surface area contributed by atoms with Gasteiger partial charge in [-0.25, -0.2) is 0 Å². The lowest BCUT2D eigenvalue weighted by Gasteiger charge is -2.37. The van der Waals surface area contributed by atoms with Crippen LogP contribution < -0.4 is 5.73 Å². The first-order valence-corrected chi connectivity index (χ1v) is 6.69. The van der Waals surface area contributed by atoms with Crippen molar-refractivity contribution >= 4 is 11.3 Å². The van der Waals surface area contributed by atoms with Crippen molar-refractivity contribution in [2.24, 2.45) is 11.7 Å². The van der Waals surface area contributed by atoms with E-state index in [0.717, 1.165) is 13.1 Å². The van der Waals surface area contributed by atoms with Crippen LogP contribution in [-0.2, 0) is 6.54 Å². The lowest BCUT2D eigenvalue weighted by molar-refractivity contribution is 0.113. The zero-order valence-electron chi connectivity index (χ0n) is 9.36. The van der Waals surface area contributed by atoms with Crippen molar-refractivity contribution in [3.8, 4) is 0 Å². The van der Waals surface area contributed by atoms with E-state index in [2.05, 4.69) is 28.7 Å². The smallest absolute Gasteiger partial charge is 0.0244 e. The van der Waals surface area contributed by atoms with E-state index in [9.17, 15) is 0 Å². The molecule has 84 valence electrons. The molecule has 1 fully saturated rings. The van der Waals surface area contributed by atoms with Crippen LogP contribution in [0.25, 0.3) is 0 Å². The van der Waals surface area contributed by atoms with Gasteiger partial charge in [-0.05, 0) is 54.6 Å². The highest BCUT2D eigenvalue weighted by Crippen LogP contribution is 2.23. The summed E-state index contributed by atoms with van der Waals surface area (Å²) >= 11 is 1.78. The Bertz CT molecular complexity index is 284. The van der Waals surface area contributed by atoms with Gasteiger partial charge in [0.2, 0.25) is 0 Å². The van der Waals surface area contributed by atoms with Crippen molar-refractivity contribution in [3.05, 3.63) is 22.4 Å². The molecule has 0 aromatic carbocycles. The average molecular weight is 224 g/mol. The van der Waals surface area contributed by atoms with Gasteiger partial charge in [0.25, 0.3) is 0 Å². The van der Waals surface area contributed by atoms with Crippen LogP contribution in [0, 0.1) is 5.92 Å². The van der Waals surface area contributed by atoms with Gasteiger partial charge >= 0.3 is 0 Å². The van der Waals surface area contributed by atoms with Gasteiger partial charge in [-0.15, -0.1) is 0 Å². The summed E-state index contributed by atoms with van der Waals surface area (Å²) in [4.78, 5) is 2.57. The molecule has 2 N–H and O–H groups in total. The van der Waals surface area contributed by atoms with Gasteiger partial charge in [-0.1, -0.05) is 0 Å². The predicted molar refractivity (Wildman–Crippen MR) is 66.0 cm³/mol. The molecule has 0 radical (unpaired) electrons. The van der Waals surface area contributed by atoms with Gasteiger partial charge in [0.05, 0.1) is 0 Å². The minimum Gasteiger partial charge on any atom is -0.330 e. The second-order valence-corrected chi connectivity index (χ2v) is 5.37. The van der Waals surface area contributed by atoms with E-state index in [1.54, 1.807) is 11.3 Å². The van der Waals surface area contributed by atoms with E-state index in [1.807, 2.05) is 0 Å². The zero-order chi connectivity index (χ0) is 10.7. The van der Waals surface area contributed by atoms with Crippen molar-refractivity contribution in [1.82, 2.24) is 4.90 Å². The molecule has 2 heterocycles. The summed E-state index contributed by atoms with van der Waals surface area (Å²) in [5.74, 6) is 0.708. The van der Waals surface area contributed by atoms with E-state index >= 15 is 0 Å². The first-order valence-electron chi connectivity index (χ1n) is 5.74. The summed E-state index contributed by atoms with van der Waals surface area (Å²) in [6, 6.07) is 2.94. The zero-order valence-corrected chi connectivity index (χ0v) is 10.2. The summed E-state index contributed by atoms with van der Waals surface area (Å²) in [5, 5.41) is 4.41. The quantitative estimate of drug-likeness (QED) is 0.853. The molecule has 0 amide bonds. The summed E-state index contributed by atoms with van der Waals surface area (Å²) < 4.78 is 0. The third kappa shape index (κ3) is 2.80. The number of hydrogen-bond acceptors (Lipinski definition) is 3. The molecule has 0 saturated carbocycles. The van der Waals surface area contributed by atoms with E-state index in [4.69, 9.17) is 5.73 Å². The number of nitrogens with two attached hydrogens (primary N) is 1. The van der Waals surface area contributed by atoms with Crippen LogP contribution in [0.4, 0.5) is 0 Å². The number of piperidine rings is 1. The Morgan fingerprint density at radius 2 is 2.40 bits per heavy atom. The van der Waals surface area contributed by atoms with Crippen LogP contribution in [0.15, 0.2) is 16.8 Å². The molecule has 15 heavy (non-hydrogen) atoms. The predicted octanol–water partition coefficient (Wildman–Crippen LogP) is 2.31. The highest BCUT2D eigenvalue weighted by molar-refractivity contribution is 7.07. The third-order valence-electron chi connectivity index (χ3n) is 3.41. The van der Waals surface area contributed by atoms with Gasteiger partial charge in [0.1, 0.15) is 0 Å². The molecule has 1 aliphatic rings. The Morgan fingerprint density at radius 1 is 1.53 bits per heavy atom. The average Bonchev–Trinajstić information content (AvgIpc) is 2.74. The van der Waals surface area contributed by atoms with Crippen LogP contribution in [0.1, 0.15) is 25.3 Å². The number of hydrogen-bond donors (Lipinski definition) is 1. The van der Waals surface area contributed by atoms with Crippen LogP contribution in [0.3, 0.4) is 0 Å². The van der Waals surface area contributed by atoms with Crippen molar-refractivity contribution in [3.63, 3.8) is 0 Å². The Hall–Kier alpha value is -0.380. The van der Waals surface area contributed by atoms with Crippen molar-refractivity contribution < 1.29 is 0 Å². The number of thiophene rings is 1. The maximum Gasteiger partial charge on any atom is 0.0244 e. The molecule has 0 aliphatic carbocycles. The Morgan fingerprint density at radius 3 is 3.07 bits per heavy atom. The van der Waals surface area contributed by atoms with Gasteiger partial charge in [0, 0.05) is 19.1 Å². The first kappa shape index (κ1) is 11.1. The van der Waals surface area contributed by atoms with Gasteiger partial charge in [0.15, 0.2) is 0 Å². The molecule has 2 atom stereocenters. The second-order valence-electron chi connectivity index (χ2n) is 4.59. The third-order valence-corrected chi connectivity index (χ3v) is 4.14. The molecular weight excluding hydrogens is 204 g/mol. The highest BCUT2D eigenvalue weighted by atomic mass is 32.1. The fourth-order valence-corrected chi connectivity index (χ4v) is 2.95. The van der Waals surface area contributed by atoms with Gasteiger partial charge in [-0.3, -0.25) is 4.90 Å². The lowest BCUT2D eigenvalue weighted by atomic mass is 9.93. The minimum atomic E-state index is 0.708. The van der Waals surface area contributed by atoms with E-state index < -0.39 is 0 Å². The van der Waals surface area contributed by atoms with Crippen LogP contribution in [0.5, 0.6) is 0 Å². The summed E-state index contributed by atoms with van der Waals surface area (Å²) in [6.07, 6.45) is 2.60. The fraction of sp³-hybridized carbons (Fsp3) is 0.667. The molecule has 0 spiro atoms. The van der Waals surface area contributed by atoms with Crippen molar-refractivity contribution in [2.75, 3.05) is 13.1 Å². The normalized spacial score (nSPS) is 28.1.